The number of likely N-dealkylation sites (N-methyl/N-ethyl adjacent to an activating group) is 1. The molecule has 5 heteroatoms. The predicted molar refractivity (Wildman–Crippen MR) is 90.8 cm³/mol. The Labute approximate surface area is 136 Å². The number of ether oxygens (including phenoxy) is 1. The number of aliphatic hydroxyl groups is 1. The van der Waals surface area contributed by atoms with Gasteiger partial charge >= 0.3 is 6.03 Å². The lowest BCUT2D eigenvalue weighted by molar-refractivity contribution is 0.202. The molecule has 5 nitrogen and oxygen atoms in total. The van der Waals surface area contributed by atoms with E-state index >= 15 is 0 Å². The molecule has 23 heavy (non-hydrogen) atoms. The maximum Gasteiger partial charge on any atom is 0.321 e. The van der Waals surface area contributed by atoms with E-state index in [1.807, 2.05) is 30.3 Å². The van der Waals surface area contributed by atoms with Crippen LogP contribution in [0.5, 0.6) is 5.75 Å². The highest BCUT2D eigenvalue weighted by molar-refractivity contribution is 5.89. The Hall–Kier alpha value is -2.53. The summed E-state index contributed by atoms with van der Waals surface area (Å²) in [5.41, 5.74) is 1.89. The van der Waals surface area contributed by atoms with Gasteiger partial charge in [-0.1, -0.05) is 36.4 Å². The number of urea groups is 1. The molecule has 0 fully saturated rings. The molecule has 0 radical (unpaired) electrons. The summed E-state index contributed by atoms with van der Waals surface area (Å²) >= 11 is 0. The normalized spacial score (nSPS) is 10.2. The molecule has 0 aliphatic heterocycles. The first-order valence-corrected chi connectivity index (χ1v) is 7.59. The molecule has 0 saturated heterocycles. The Bertz CT molecular complexity index is 617. The topological polar surface area (TPSA) is 61.8 Å². The summed E-state index contributed by atoms with van der Waals surface area (Å²) in [6.45, 7) is 0.803. The average molecular weight is 314 g/mol. The molecule has 0 aromatic heterocycles. The van der Waals surface area contributed by atoms with Crippen molar-refractivity contribution in [1.29, 1.82) is 0 Å². The van der Waals surface area contributed by atoms with Crippen molar-refractivity contribution < 1.29 is 14.6 Å². The van der Waals surface area contributed by atoms with Crippen molar-refractivity contribution >= 4 is 11.7 Å². The van der Waals surface area contributed by atoms with E-state index in [1.165, 1.54) is 10.5 Å². The summed E-state index contributed by atoms with van der Waals surface area (Å²) in [4.78, 5) is 13.3. The number of amides is 2. The second-order valence-corrected chi connectivity index (χ2v) is 5.19. The van der Waals surface area contributed by atoms with Gasteiger partial charge in [-0.3, -0.25) is 0 Å². The quantitative estimate of drug-likeness (QED) is 0.826. The number of carbonyl (C=O) groups excluding carboxylic acids is 1. The fraction of sp³-hybridized carbons (Fsp3) is 0.278. The van der Waals surface area contributed by atoms with Crippen LogP contribution in [0.25, 0.3) is 0 Å². The van der Waals surface area contributed by atoms with Crippen molar-refractivity contribution in [2.45, 2.75) is 6.42 Å². The van der Waals surface area contributed by atoms with E-state index in [0.717, 1.165) is 6.42 Å². The summed E-state index contributed by atoms with van der Waals surface area (Å²) in [6, 6.07) is 17.2. The number of nitrogens with zero attached hydrogens (tertiary/aromatic N) is 1. The zero-order chi connectivity index (χ0) is 16.5. The van der Waals surface area contributed by atoms with Crippen LogP contribution in [0.3, 0.4) is 0 Å². The molecule has 2 aromatic carbocycles. The molecule has 2 rings (SSSR count). The molecule has 2 N–H and O–H groups in total. The van der Waals surface area contributed by atoms with Gasteiger partial charge in [-0.25, -0.2) is 4.79 Å². The van der Waals surface area contributed by atoms with Crippen molar-refractivity contribution in [2.24, 2.45) is 0 Å². The number of hydrogen-bond acceptors (Lipinski definition) is 3. The van der Waals surface area contributed by atoms with E-state index in [-0.39, 0.29) is 12.6 Å². The van der Waals surface area contributed by atoms with Gasteiger partial charge in [0.2, 0.25) is 0 Å². The van der Waals surface area contributed by atoms with E-state index in [4.69, 9.17) is 9.84 Å². The zero-order valence-electron chi connectivity index (χ0n) is 13.2. The molecule has 0 bridgehead atoms. The smallest absolute Gasteiger partial charge is 0.321 e. The van der Waals surface area contributed by atoms with Crippen LogP contribution in [0, 0.1) is 0 Å². The minimum Gasteiger partial charge on any atom is -0.493 e. The SMILES string of the molecule is CN(CCO)C(=O)Nc1cccc(OCCc2ccccc2)c1. The molecule has 0 atom stereocenters. The van der Waals surface area contributed by atoms with Crippen LogP contribution in [0.4, 0.5) is 10.5 Å². The van der Waals surface area contributed by atoms with Crippen molar-refractivity contribution in [1.82, 2.24) is 4.90 Å². The third kappa shape index (κ3) is 5.64. The summed E-state index contributed by atoms with van der Waals surface area (Å²) < 4.78 is 5.74. The van der Waals surface area contributed by atoms with Gasteiger partial charge in [0.1, 0.15) is 5.75 Å². The van der Waals surface area contributed by atoms with Gasteiger partial charge < -0.3 is 20.1 Å². The van der Waals surface area contributed by atoms with E-state index in [9.17, 15) is 4.79 Å². The first-order chi connectivity index (χ1) is 11.2. The molecular weight excluding hydrogens is 292 g/mol. The first-order valence-electron chi connectivity index (χ1n) is 7.59. The van der Waals surface area contributed by atoms with Crippen molar-refractivity contribution in [3.05, 3.63) is 60.2 Å². The van der Waals surface area contributed by atoms with Crippen LogP contribution < -0.4 is 10.1 Å². The fourth-order valence-corrected chi connectivity index (χ4v) is 2.07. The highest BCUT2D eigenvalue weighted by atomic mass is 16.5. The van der Waals surface area contributed by atoms with Crippen LogP contribution in [-0.4, -0.2) is 42.8 Å². The van der Waals surface area contributed by atoms with Gasteiger partial charge in [0, 0.05) is 31.8 Å². The van der Waals surface area contributed by atoms with Crippen LogP contribution in [0.1, 0.15) is 5.56 Å². The van der Waals surface area contributed by atoms with Crippen LogP contribution in [0.15, 0.2) is 54.6 Å². The maximum atomic E-state index is 11.9. The van der Waals surface area contributed by atoms with Crippen molar-refractivity contribution in [2.75, 3.05) is 32.1 Å². The Kier molecular flexibility index (Phi) is 6.44. The predicted octanol–water partition coefficient (Wildman–Crippen LogP) is 2.76. The lowest BCUT2D eigenvalue weighted by atomic mass is 10.2. The van der Waals surface area contributed by atoms with Crippen molar-refractivity contribution in [3.63, 3.8) is 0 Å². The number of hydrogen-bond donors (Lipinski definition) is 2. The van der Waals surface area contributed by atoms with E-state index < -0.39 is 0 Å². The Morgan fingerprint density at radius 2 is 1.96 bits per heavy atom. The molecule has 122 valence electrons. The third-order valence-corrected chi connectivity index (χ3v) is 3.37. The second kappa shape index (κ2) is 8.80. The number of benzene rings is 2. The number of aliphatic hydroxyl groups excluding tert-OH is 1. The van der Waals surface area contributed by atoms with Gasteiger partial charge in [-0.15, -0.1) is 0 Å². The number of anilines is 1. The Morgan fingerprint density at radius 3 is 2.70 bits per heavy atom. The van der Waals surface area contributed by atoms with Crippen LogP contribution in [0.2, 0.25) is 0 Å². The average Bonchev–Trinajstić information content (AvgIpc) is 2.56. The van der Waals surface area contributed by atoms with E-state index in [1.54, 1.807) is 19.2 Å². The summed E-state index contributed by atoms with van der Waals surface area (Å²) in [6.07, 6.45) is 0.830. The van der Waals surface area contributed by atoms with E-state index in [2.05, 4.69) is 17.4 Å². The molecule has 0 spiro atoms. The fourth-order valence-electron chi connectivity index (χ4n) is 2.07. The lowest BCUT2D eigenvalue weighted by Crippen LogP contribution is -2.33. The van der Waals surface area contributed by atoms with Gasteiger partial charge in [0.15, 0.2) is 0 Å². The van der Waals surface area contributed by atoms with Crippen molar-refractivity contribution in [3.8, 4) is 5.75 Å². The third-order valence-electron chi connectivity index (χ3n) is 3.37. The van der Waals surface area contributed by atoms with Gasteiger partial charge in [-0.05, 0) is 17.7 Å². The molecule has 0 aliphatic carbocycles. The minimum atomic E-state index is -0.263. The maximum absolute atomic E-state index is 11.9. The van der Waals surface area contributed by atoms with Gasteiger partial charge in [0.25, 0.3) is 0 Å². The standard InChI is InChI=1S/C18H22N2O3/c1-20(11-12-21)18(22)19-16-8-5-9-17(14-16)23-13-10-15-6-3-2-4-7-15/h2-9,14,21H,10-13H2,1H3,(H,19,22). The van der Waals surface area contributed by atoms with Gasteiger partial charge in [-0.2, -0.15) is 0 Å². The lowest BCUT2D eigenvalue weighted by Gasteiger charge is -2.17. The summed E-state index contributed by atoms with van der Waals surface area (Å²) in [5.74, 6) is 0.712. The molecule has 0 heterocycles. The Balaban J connectivity index is 1.85. The molecule has 2 aromatic rings. The number of rotatable bonds is 7. The molecule has 0 aliphatic rings. The monoisotopic (exact) mass is 314 g/mol. The number of nitrogens with one attached hydrogen (secondary N) is 1. The highest BCUT2D eigenvalue weighted by Crippen LogP contribution is 2.18. The molecule has 2 amide bonds. The summed E-state index contributed by atoms with van der Waals surface area (Å²) in [5, 5.41) is 11.6. The van der Waals surface area contributed by atoms with Gasteiger partial charge in [0.05, 0.1) is 13.2 Å². The van der Waals surface area contributed by atoms with Crippen LogP contribution >= 0.6 is 0 Å². The summed E-state index contributed by atoms with van der Waals surface area (Å²) in [7, 11) is 1.63. The highest BCUT2D eigenvalue weighted by Gasteiger charge is 2.08. The first kappa shape index (κ1) is 16.8. The largest absolute Gasteiger partial charge is 0.493 e. The molecule has 0 saturated carbocycles. The zero-order valence-corrected chi connectivity index (χ0v) is 13.2. The molecule has 0 unspecified atom stereocenters. The molecular formula is C18H22N2O3. The minimum absolute atomic E-state index is 0.0629. The Morgan fingerprint density at radius 1 is 1.17 bits per heavy atom. The van der Waals surface area contributed by atoms with E-state index in [0.29, 0.717) is 24.6 Å². The second-order valence-electron chi connectivity index (χ2n) is 5.19. The van der Waals surface area contributed by atoms with Crippen LogP contribution in [-0.2, 0) is 6.42 Å². The number of carbonyl (C=O) groups is 1.